The van der Waals surface area contributed by atoms with E-state index < -0.39 is 8.07 Å². The maximum absolute atomic E-state index is 8.25. The monoisotopic (exact) mass is 167 g/mol. The Bertz CT molecular complexity index is 159. The molecule has 0 unspecified atom stereocenters. The van der Waals surface area contributed by atoms with E-state index in [0.29, 0.717) is 6.42 Å². The Morgan fingerprint density at radius 3 is 2.36 bits per heavy atom. The Hall–Kier alpha value is -0.553. The second-order valence-electron chi connectivity index (χ2n) is 3.93. The first-order valence-corrected chi connectivity index (χ1v) is 7.79. The smallest absolute Gasteiger partial charge is 0.0624 e. The normalized spacial score (nSPS) is 11.8. The molecule has 0 saturated heterocycles. The van der Waals surface area contributed by atoms with Crippen LogP contribution in [0.4, 0.5) is 0 Å². The van der Waals surface area contributed by atoms with Crippen LogP contribution in [0.3, 0.4) is 0 Å². The van der Waals surface area contributed by atoms with Crippen LogP contribution >= 0.6 is 0 Å². The van der Waals surface area contributed by atoms with E-state index in [1.165, 1.54) is 6.04 Å². The fourth-order valence-corrected chi connectivity index (χ4v) is 1.58. The fraction of sp³-hybridized carbons (Fsp3) is 0.667. The lowest BCUT2D eigenvalue weighted by molar-refractivity contribution is 1.06. The molecule has 0 N–H and O–H groups in total. The summed E-state index contributed by atoms with van der Waals surface area (Å²) in [5.74, 6) is 0. The fourth-order valence-electron chi connectivity index (χ4n) is 0.703. The Kier molecular flexibility index (Phi) is 4.89. The minimum Gasteiger partial charge on any atom is -0.198 e. The number of nitrogens with zero attached hydrogens (tertiary/aromatic N) is 1. The van der Waals surface area contributed by atoms with E-state index in [1.54, 1.807) is 0 Å². The Labute approximate surface area is 70.7 Å². The molecule has 0 fully saturated rings. The number of nitriles is 1. The molecule has 0 aromatic heterocycles. The average molecular weight is 167 g/mol. The van der Waals surface area contributed by atoms with Gasteiger partial charge in [-0.05, 0) is 12.5 Å². The molecule has 0 spiro atoms. The van der Waals surface area contributed by atoms with Gasteiger partial charge < -0.3 is 0 Å². The maximum atomic E-state index is 8.25. The molecule has 0 rings (SSSR count). The molecule has 0 radical (unpaired) electrons. The van der Waals surface area contributed by atoms with Crippen molar-refractivity contribution >= 4 is 8.07 Å². The van der Waals surface area contributed by atoms with E-state index in [2.05, 4.69) is 37.9 Å². The highest BCUT2D eigenvalue weighted by molar-refractivity contribution is 6.76. The van der Waals surface area contributed by atoms with Gasteiger partial charge >= 0.3 is 0 Å². The van der Waals surface area contributed by atoms with Crippen molar-refractivity contribution in [3.8, 4) is 6.07 Å². The van der Waals surface area contributed by atoms with Gasteiger partial charge in [-0.15, -0.1) is 0 Å². The van der Waals surface area contributed by atoms with Gasteiger partial charge in [0.25, 0.3) is 0 Å². The SMILES string of the molecule is C[Si](C)(C)C/C=C/CCC#N. The summed E-state index contributed by atoms with van der Waals surface area (Å²) in [6.07, 6.45) is 5.92. The van der Waals surface area contributed by atoms with E-state index in [-0.39, 0.29) is 0 Å². The van der Waals surface area contributed by atoms with Crippen LogP contribution in [0.1, 0.15) is 12.8 Å². The first-order valence-electron chi connectivity index (χ1n) is 4.08. The molecule has 2 heteroatoms. The van der Waals surface area contributed by atoms with Gasteiger partial charge in [0.2, 0.25) is 0 Å². The second-order valence-corrected chi connectivity index (χ2v) is 9.46. The number of unbranched alkanes of at least 4 members (excludes halogenated alkanes) is 1. The summed E-state index contributed by atoms with van der Waals surface area (Å²) in [7, 11) is -0.887. The zero-order valence-electron chi connectivity index (χ0n) is 7.72. The van der Waals surface area contributed by atoms with Gasteiger partial charge in [-0.1, -0.05) is 31.8 Å². The van der Waals surface area contributed by atoms with E-state index in [4.69, 9.17) is 5.26 Å². The summed E-state index contributed by atoms with van der Waals surface area (Å²) in [6.45, 7) is 7.05. The minimum absolute atomic E-state index is 0.655. The van der Waals surface area contributed by atoms with Crippen molar-refractivity contribution in [2.75, 3.05) is 0 Å². The van der Waals surface area contributed by atoms with Gasteiger partial charge in [0.15, 0.2) is 0 Å². The van der Waals surface area contributed by atoms with E-state index in [0.717, 1.165) is 6.42 Å². The molecule has 0 bridgehead atoms. The molecule has 0 saturated carbocycles. The zero-order chi connectivity index (χ0) is 8.74. The van der Waals surface area contributed by atoms with Crippen LogP contribution in [0, 0.1) is 11.3 Å². The molecule has 0 heterocycles. The summed E-state index contributed by atoms with van der Waals surface area (Å²) in [6, 6.07) is 3.36. The Morgan fingerprint density at radius 2 is 1.91 bits per heavy atom. The lowest BCUT2D eigenvalue weighted by atomic mass is 10.3. The third-order valence-corrected chi connectivity index (χ3v) is 2.78. The second kappa shape index (κ2) is 5.14. The van der Waals surface area contributed by atoms with Crippen LogP contribution in [0.5, 0.6) is 0 Å². The maximum Gasteiger partial charge on any atom is 0.0624 e. The molecular formula is C9H17NSi. The van der Waals surface area contributed by atoms with Gasteiger partial charge in [-0.25, -0.2) is 0 Å². The van der Waals surface area contributed by atoms with Crippen LogP contribution < -0.4 is 0 Å². The van der Waals surface area contributed by atoms with Gasteiger partial charge in [0.05, 0.1) is 6.07 Å². The highest BCUT2D eigenvalue weighted by Gasteiger charge is 2.08. The van der Waals surface area contributed by atoms with Gasteiger partial charge in [-0.2, -0.15) is 5.26 Å². The molecule has 0 aliphatic carbocycles. The van der Waals surface area contributed by atoms with Crippen molar-refractivity contribution in [2.24, 2.45) is 0 Å². The summed E-state index contributed by atoms with van der Waals surface area (Å²) >= 11 is 0. The molecule has 0 aromatic carbocycles. The molecule has 0 aliphatic rings. The van der Waals surface area contributed by atoms with Crippen molar-refractivity contribution in [1.82, 2.24) is 0 Å². The number of hydrogen-bond donors (Lipinski definition) is 0. The van der Waals surface area contributed by atoms with Gasteiger partial charge in [-0.3, -0.25) is 0 Å². The van der Waals surface area contributed by atoms with Crippen LogP contribution in [-0.2, 0) is 0 Å². The van der Waals surface area contributed by atoms with Crippen LogP contribution in [-0.4, -0.2) is 8.07 Å². The van der Waals surface area contributed by atoms with E-state index in [9.17, 15) is 0 Å². The molecular weight excluding hydrogens is 150 g/mol. The van der Waals surface area contributed by atoms with Crippen molar-refractivity contribution < 1.29 is 0 Å². The van der Waals surface area contributed by atoms with Gasteiger partial charge in [0, 0.05) is 14.5 Å². The number of hydrogen-bond acceptors (Lipinski definition) is 1. The lowest BCUT2D eigenvalue weighted by Crippen LogP contribution is -2.17. The van der Waals surface area contributed by atoms with Crippen LogP contribution in [0.15, 0.2) is 12.2 Å². The summed E-state index contributed by atoms with van der Waals surface area (Å²) in [5, 5.41) is 8.25. The van der Waals surface area contributed by atoms with Crippen LogP contribution in [0.25, 0.3) is 0 Å². The zero-order valence-corrected chi connectivity index (χ0v) is 8.72. The molecule has 0 aromatic rings. The molecule has 11 heavy (non-hydrogen) atoms. The van der Waals surface area contributed by atoms with Crippen molar-refractivity contribution in [3.63, 3.8) is 0 Å². The number of rotatable bonds is 4. The predicted molar refractivity (Wildman–Crippen MR) is 52.1 cm³/mol. The van der Waals surface area contributed by atoms with Gasteiger partial charge in [0.1, 0.15) is 0 Å². The predicted octanol–water partition coefficient (Wildman–Crippen LogP) is 3.18. The lowest BCUT2D eigenvalue weighted by Gasteiger charge is -2.11. The quantitative estimate of drug-likeness (QED) is 0.358. The number of allylic oxidation sites excluding steroid dienone is 2. The average Bonchev–Trinajstić information content (AvgIpc) is 1.85. The Morgan fingerprint density at radius 1 is 1.27 bits per heavy atom. The third kappa shape index (κ3) is 9.45. The first-order chi connectivity index (χ1) is 5.06. The van der Waals surface area contributed by atoms with Crippen molar-refractivity contribution in [3.05, 3.63) is 12.2 Å². The molecule has 0 aliphatic heterocycles. The van der Waals surface area contributed by atoms with E-state index >= 15 is 0 Å². The first kappa shape index (κ1) is 10.4. The van der Waals surface area contributed by atoms with Crippen molar-refractivity contribution in [2.45, 2.75) is 38.5 Å². The Balaban J connectivity index is 3.39. The highest BCUT2D eigenvalue weighted by atomic mass is 28.3. The van der Waals surface area contributed by atoms with Crippen LogP contribution in [0.2, 0.25) is 25.7 Å². The molecule has 1 nitrogen and oxygen atoms in total. The minimum atomic E-state index is -0.887. The van der Waals surface area contributed by atoms with E-state index in [1.807, 2.05) is 0 Å². The summed E-state index contributed by atoms with van der Waals surface area (Å²) < 4.78 is 0. The highest BCUT2D eigenvalue weighted by Crippen LogP contribution is 2.08. The molecule has 62 valence electrons. The molecule has 0 atom stereocenters. The third-order valence-electron chi connectivity index (χ3n) is 1.32. The summed E-state index contributed by atoms with van der Waals surface area (Å²) in [5.41, 5.74) is 0. The molecule has 0 amide bonds. The largest absolute Gasteiger partial charge is 0.198 e. The summed E-state index contributed by atoms with van der Waals surface area (Å²) in [4.78, 5) is 0. The standard InChI is InChI=1S/C9H17NSi/c1-11(2,3)9-7-5-4-6-8-10/h5,7H,4,6,9H2,1-3H3/b7-5+. The van der Waals surface area contributed by atoms with Crippen molar-refractivity contribution in [1.29, 1.82) is 5.26 Å². The topological polar surface area (TPSA) is 23.8 Å².